The van der Waals surface area contributed by atoms with E-state index in [1.807, 2.05) is 0 Å². The van der Waals surface area contributed by atoms with Crippen molar-refractivity contribution in [2.24, 2.45) is 5.92 Å². The molecule has 98 valence electrons. The average molecular weight is 246 g/mol. The molecule has 0 aliphatic heterocycles. The fraction of sp³-hybridized carbons (Fsp3) is 0.700. The van der Waals surface area contributed by atoms with Gasteiger partial charge in [0, 0.05) is 6.54 Å². The number of ether oxygens (including phenoxy) is 1. The van der Waals surface area contributed by atoms with E-state index >= 15 is 0 Å². The van der Waals surface area contributed by atoms with E-state index in [2.05, 4.69) is 15.4 Å². The first-order valence-electron chi connectivity index (χ1n) is 5.22. The summed E-state index contributed by atoms with van der Waals surface area (Å²) in [6.07, 6.45) is 0.0450. The second kappa shape index (κ2) is 7.48. The van der Waals surface area contributed by atoms with Gasteiger partial charge >= 0.3 is 18.0 Å². The molecule has 3 N–H and O–H groups in total. The maximum absolute atomic E-state index is 11.3. The third-order valence-corrected chi connectivity index (χ3v) is 2.06. The molecule has 7 nitrogen and oxygen atoms in total. The highest BCUT2D eigenvalue weighted by Crippen LogP contribution is 2.01. The molecule has 7 heteroatoms. The van der Waals surface area contributed by atoms with Crippen LogP contribution in [-0.2, 0) is 14.3 Å². The molecule has 17 heavy (non-hydrogen) atoms. The number of hydrogen-bond donors (Lipinski definition) is 3. The molecule has 0 fully saturated rings. The van der Waals surface area contributed by atoms with Crippen molar-refractivity contribution in [2.75, 3.05) is 13.7 Å². The molecule has 0 heterocycles. The van der Waals surface area contributed by atoms with Gasteiger partial charge in [0.2, 0.25) is 0 Å². The minimum absolute atomic E-state index is 0.0450. The average Bonchev–Trinajstić information content (AvgIpc) is 2.24. The van der Waals surface area contributed by atoms with E-state index in [9.17, 15) is 14.4 Å². The molecule has 0 aliphatic rings. The molecule has 0 aromatic carbocycles. The quantitative estimate of drug-likeness (QED) is 0.570. The molecule has 0 aromatic heterocycles. The van der Waals surface area contributed by atoms with Crippen LogP contribution < -0.4 is 10.6 Å². The number of carbonyl (C=O) groups is 3. The predicted molar refractivity (Wildman–Crippen MR) is 59.4 cm³/mol. The highest BCUT2D eigenvalue weighted by Gasteiger charge is 2.23. The molecule has 0 aliphatic carbocycles. The Morgan fingerprint density at radius 1 is 1.29 bits per heavy atom. The Balaban J connectivity index is 3.99. The Kier molecular flexibility index (Phi) is 6.69. The summed E-state index contributed by atoms with van der Waals surface area (Å²) in [5, 5.41) is 13.5. The van der Waals surface area contributed by atoms with Crippen LogP contribution in [0.5, 0.6) is 0 Å². The minimum Gasteiger partial charge on any atom is -0.480 e. The summed E-state index contributed by atoms with van der Waals surface area (Å²) in [6.45, 7) is 3.48. The Morgan fingerprint density at radius 2 is 1.88 bits per heavy atom. The van der Waals surface area contributed by atoms with Crippen LogP contribution in [0.4, 0.5) is 4.79 Å². The second-order valence-corrected chi connectivity index (χ2v) is 3.79. The first kappa shape index (κ1) is 15.2. The molecule has 0 rings (SSSR count). The third-order valence-electron chi connectivity index (χ3n) is 2.06. The monoisotopic (exact) mass is 246 g/mol. The van der Waals surface area contributed by atoms with Crippen LogP contribution in [0.2, 0.25) is 0 Å². The smallest absolute Gasteiger partial charge is 0.326 e. The van der Waals surface area contributed by atoms with Gasteiger partial charge in [-0.2, -0.15) is 0 Å². The van der Waals surface area contributed by atoms with Crippen LogP contribution in [0.3, 0.4) is 0 Å². The van der Waals surface area contributed by atoms with E-state index in [-0.39, 0.29) is 18.9 Å². The minimum atomic E-state index is -1.09. The number of hydrogen-bond acceptors (Lipinski definition) is 4. The van der Waals surface area contributed by atoms with Crippen LogP contribution in [0.25, 0.3) is 0 Å². The summed E-state index contributed by atoms with van der Waals surface area (Å²) < 4.78 is 4.38. The number of aliphatic carboxylic acids is 1. The molecule has 0 aromatic rings. The highest BCUT2D eigenvalue weighted by molar-refractivity contribution is 5.82. The Bertz CT molecular complexity index is 290. The number of amides is 2. The lowest BCUT2D eigenvalue weighted by Crippen LogP contribution is -2.48. The van der Waals surface area contributed by atoms with Crippen molar-refractivity contribution in [3.05, 3.63) is 0 Å². The van der Waals surface area contributed by atoms with E-state index < -0.39 is 24.0 Å². The molecule has 0 saturated carbocycles. The van der Waals surface area contributed by atoms with Crippen LogP contribution >= 0.6 is 0 Å². The van der Waals surface area contributed by atoms with Gasteiger partial charge < -0.3 is 20.5 Å². The predicted octanol–water partition coefficient (Wildman–Crippen LogP) is -0.0421. The summed E-state index contributed by atoms with van der Waals surface area (Å²) in [5.41, 5.74) is 0. The zero-order valence-electron chi connectivity index (χ0n) is 10.1. The van der Waals surface area contributed by atoms with E-state index in [1.54, 1.807) is 13.8 Å². The highest BCUT2D eigenvalue weighted by atomic mass is 16.5. The molecule has 1 atom stereocenters. The molecule has 2 amide bonds. The Hall–Kier alpha value is -1.79. The van der Waals surface area contributed by atoms with E-state index in [0.29, 0.717) is 0 Å². The van der Waals surface area contributed by atoms with Gasteiger partial charge in [-0.05, 0) is 5.92 Å². The van der Waals surface area contributed by atoms with Crippen LogP contribution in [0, 0.1) is 5.92 Å². The normalized spacial score (nSPS) is 11.8. The molecular weight excluding hydrogens is 228 g/mol. The summed E-state index contributed by atoms with van der Waals surface area (Å²) in [7, 11) is 1.25. The zero-order chi connectivity index (χ0) is 13.4. The number of methoxy groups -OCH3 is 1. The molecule has 0 unspecified atom stereocenters. The van der Waals surface area contributed by atoms with Crippen molar-refractivity contribution in [1.82, 2.24) is 10.6 Å². The fourth-order valence-corrected chi connectivity index (χ4v) is 1.09. The van der Waals surface area contributed by atoms with Crippen molar-refractivity contribution in [3.8, 4) is 0 Å². The van der Waals surface area contributed by atoms with Gasteiger partial charge in [0.05, 0.1) is 13.5 Å². The molecule has 0 spiro atoms. The first-order chi connectivity index (χ1) is 7.88. The van der Waals surface area contributed by atoms with Crippen LogP contribution in [-0.4, -0.2) is 42.8 Å². The van der Waals surface area contributed by atoms with Gasteiger partial charge in [0.15, 0.2) is 0 Å². The maximum Gasteiger partial charge on any atom is 0.326 e. The largest absolute Gasteiger partial charge is 0.480 e. The van der Waals surface area contributed by atoms with Crippen molar-refractivity contribution < 1.29 is 24.2 Å². The standard InChI is InChI=1S/C10H18N2O5/c1-6(2)8(9(14)15)12-10(16)11-5-4-7(13)17-3/h6,8H,4-5H2,1-3H3,(H,14,15)(H2,11,12,16)/t8-/m1/s1. The van der Waals surface area contributed by atoms with E-state index in [1.165, 1.54) is 7.11 Å². The van der Waals surface area contributed by atoms with E-state index in [0.717, 1.165) is 0 Å². The summed E-state index contributed by atoms with van der Waals surface area (Å²) in [5.74, 6) is -1.76. The lowest BCUT2D eigenvalue weighted by molar-refractivity contribution is -0.141. The Labute approximate surface area is 99.5 Å². The molecular formula is C10H18N2O5. The number of carboxylic acid groups (broad SMARTS) is 1. The van der Waals surface area contributed by atoms with Crippen LogP contribution in [0.1, 0.15) is 20.3 Å². The van der Waals surface area contributed by atoms with Gasteiger partial charge in [0.1, 0.15) is 6.04 Å². The molecule has 0 radical (unpaired) electrons. The van der Waals surface area contributed by atoms with Gasteiger partial charge in [-0.3, -0.25) is 4.79 Å². The molecule has 0 bridgehead atoms. The first-order valence-corrected chi connectivity index (χ1v) is 5.22. The second-order valence-electron chi connectivity index (χ2n) is 3.79. The lowest BCUT2D eigenvalue weighted by atomic mass is 10.1. The van der Waals surface area contributed by atoms with Gasteiger partial charge in [-0.25, -0.2) is 9.59 Å². The third kappa shape index (κ3) is 6.39. The molecule has 0 saturated heterocycles. The van der Waals surface area contributed by atoms with E-state index in [4.69, 9.17) is 5.11 Å². The Morgan fingerprint density at radius 3 is 2.29 bits per heavy atom. The number of urea groups is 1. The van der Waals surface area contributed by atoms with Gasteiger partial charge in [-0.15, -0.1) is 0 Å². The fourth-order valence-electron chi connectivity index (χ4n) is 1.09. The van der Waals surface area contributed by atoms with Crippen molar-refractivity contribution in [1.29, 1.82) is 0 Å². The topological polar surface area (TPSA) is 105 Å². The number of nitrogens with one attached hydrogen (secondary N) is 2. The number of carboxylic acids is 1. The summed E-state index contributed by atoms with van der Waals surface area (Å²) in [6, 6.07) is -1.57. The summed E-state index contributed by atoms with van der Waals surface area (Å²) >= 11 is 0. The van der Waals surface area contributed by atoms with Crippen molar-refractivity contribution >= 4 is 18.0 Å². The van der Waals surface area contributed by atoms with Gasteiger partial charge in [-0.1, -0.05) is 13.8 Å². The number of rotatable bonds is 6. The summed E-state index contributed by atoms with van der Waals surface area (Å²) in [4.78, 5) is 32.8. The van der Waals surface area contributed by atoms with Crippen molar-refractivity contribution in [2.45, 2.75) is 26.3 Å². The lowest BCUT2D eigenvalue weighted by Gasteiger charge is -2.18. The van der Waals surface area contributed by atoms with Gasteiger partial charge in [0.25, 0.3) is 0 Å². The number of esters is 1. The zero-order valence-corrected chi connectivity index (χ0v) is 10.1. The van der Waals surface area contributed by atoms with Crippen LogP contribution in [0.15, 0.2) is 0 Å². The van der Waals surface area contributed by atoms with Crippen molar-refractivity contribution in [3.63, 3.8) is 0 Å². The number of carbonyl (C=O) groups excluding carboxylic acids is 2. The SMILES string of the molecule is COC(=O)CCNC(=O)N[C@@H](C(=O)O)C(C)C. The maximum atomic E-state index is 11.3.